The van der Waals surface area contributed by atoms with Gasteiger partial charge in [0, 0.05) is 31.6 Å². The molecule has 1 aliphatic heterocycles. The van der Waals surface area contributed by atoms with Crippen molar-refractivity contribution >= 4 is 64.1 Å². The second kappa shape index (κ2) is 23.1. The van der Waals surface area contributed by atoms with Crippen molar-refractivity contribution in [2.24, 2.45) is 4.99 Å². The number of carboxylic acid groups (broad SMARTS) is 2. The van der Waals surface area contributed by atoms with Crippen molar-refractivity contribution in [2.75, 3.05) is 30.9 Å². The third-order valence-corrected chi connectivity index (χ3v) is 11.3. The number of hydrogen-bond acceptors (Lipinski definition) is 9. The Bertz CT molecular complexity index is 2890. The van der Waals surface area contributed by atoms with Crippen LogP contribution in [0, 0.1) is 6.92 Å². The minimum Gasteiger partial charge on any atom is -0.494 e. The van der Waals surface area contributed by atoms with Gasteiger partial charge in [-0.15, -0.1) is 13.2 Å². The maximum absolute atomic E-state index is 12.4. The average molecular weight is 980 g/mol. The number of alkyl halides is 4. The molecule has 4 N–H and O–H groups in total. The van der Waals surface area contributed by atoms with E-state index in [1.807, 2.05) is 67.6 Å². The van der Waals surface area contributed by atoms with Crippen LogP contribution >= 0.6 is 23.2 Å². The lowest BCUT2D eigenvalue weighted by molar-refractivity contribution is -0.274. The molecule has 1 aromatic heterocycles. The fourth-order valence-corrected chi connectivity index (χ4v) is 7.54. The van der Waals surface area contributed by atoms with Gasteiger partial charge in [0.05, 0.1) is 23.9 Å². The fourth-order valence-electron chi connectivity index (χ4n) is 7.10. The van der Waals surface area contributed by atoms with Crippen LogP contribution in [0.5, 0.6) is 11.5 Å². The van der Waals surface area contributed by atoms with Gasteiger partial charge in [-0.25, -0.2) is 14.6 Å². The van der Waals surface area contributed by atoms with Gasteiger partial charge in [-0.1, -0.05) is 102 Å². The number of nitrogens with zero attached hydrogens (tertiary/aromatic N) is 2. The zero-order valence-corrected chi connectivity index (χ0v) is 39.0. The third-order valence-electron chi connectivity index (χ3n) is 10.6. The van der Waals surface area contributed by atoms with Gasteiger partial charge < -0.3 is 35.1 Å². The molecule has 5 aromatic carbocycles. The summed E-state index contributed by atoms with van der Waals surface area (Å²) in [6.07, 6.45) is 8.10. The number of rotatable bonds is 13. The van der Waals surface area contributed by atoms with Crippen molar-refractivity contribution in [3.8, 4) is 33.8 Å². The van der Waals surface area contributed by atoms with E-state index in [0.29, 0.717) is 40.6 Å². The molecule has 2 aliphatic rings. The molecule has 6 aromatic rings. The van der Waals surface area contributed by atoms with Crippen molar-refractivity contribution in [1.82, 2.24) is 4.98 Å². The first-order chi connectivity index (χ1) is 33.0. The predicted molar refractivity (Wildman–Crippen MR) is 266 cm³/mol. The molecule has 0 bridgehead atoms. The number of nitrogens with one attached hydrogen (secondary N) is 2. The maximum atomic E-state index is 12.4. The fraction of sp³-hybridized carbons (Fsp3) is 0.170. The molecule has 16 heteroatoms. The van der Waals surface area contributed by atoms with Gasteiger partial charge in [-0.2, -0.15) is 0 Å². The summed E-state index contributed by atoms with van der Waals surface area (Å²) in [5.41, 5.74) is 6.21. The first kappa shape index (κ1) is 51.0. The molecule has 2 heterocycles. The molecule has 356 valence electrons. The van der Waals surface area contributed by atoms with Crippen molar-refractivity contribution in [3.63, 3.8) is 0 Å². The molecule has 11 nitrogen and oxygen atoms in total. The first-order valence-corrected chi connectivity index (χ1v) is 22.1. The van der Waals surface area contributed by atoms with Crippen LogP contribution in [-0.4, -0.2) is 70.6 Å². The highest BCUT2D eigenvalue weighted by molar-refractivity contribution is 6.33. The number of aliphatic carboxylic acids is 1. The van der Waals surface area contributed by atoms with E-state index in [9.17, 15) is 33.0 Å². The van der Waals surface area contributed by atoms with E-state index in [1.165, 1.54) is 47.7 Å². The Labute approximate surface area is 407 Å². The van der Waals surface area contributed by atoms with Crippen LogP contribution in [0.25, 0.3) is 27.8 Å². The number of anilines is 3. The van der Waals surface area contributed by atoms with Crippen LogP contribution in [0.4, 0.5) is 30.4 Å². The van der Waals surface area contributed by atoms with Gasteiger partial charge in [0.1, 0.15) is 22.9 Å². The van der Waals surface area contributed by atoms with Gasteiger partial charge >= 0.3 is 18.3 Å². The van der Waals surface area contributed by atoms with Crippen molar-refractivity contribution < 1.29 is 47.2 Å². The number of ether oxygens (including phenoxy) is 3. The number of aromatic nitrogens is 1. The Hall–Kier alpha value is -7.39. The number of benzene rings is 5. The Kier molecular flexibility index (Phi) is 17.1. The largest absolute Gasteiger partial charge is 0.573 e. The number of hydrogen-bond donors (Lipinski definition) is 4. The molecule has 0 fully saturated rings. The summed E-state index contributed by atoms with van der Waals surface area (Å²) in [6, 6.07) is 37.3. The van der Waals surface area contributed by atoms with Crippen LogP contribution in [-0.2, 0) is 9.53 Å². The Balaban J connectivity index is 0.000000178. The molecule has 0 saturated carbocycles. The molecule has 69 heavy (non-hydrogen) atoms. The molecular formula is C53H47Cl2F3N4O7. The predicted octanol–water partition coefficient (Wildman–Crippen LogP) is 13.3. The molecule has 0 amide bonds. The second-order valence-electron chi connectivity index (χ2n) is 15.4. The number of aryl methyl sites for hydroxylation is 1. The normalized spacial score (nSPS) is 17.0. The summed E-state index contributed by atoms with van der Waals surface area (Å²) < 4.78 is 52.0. The molecule has 0 saturated heterocycles. The number of dihydropyridines is 1. The smallest absolute Gasteiger partial charge is 0.494 e. The summed E-state index contributed by atoms with van der Waals surface area (Å²) in [7, 11) is 1.63. The maximum Gasteiger partial charge on any atom is 0.573 e. The number of pyridine rings is 1. The summed E-state index contributed by atoms with van der Waals surface area (Å²) in [5.74, 6) is -1.42. The van der Waals surface area contributed by atoms with E-state index in [0.717, 1.165) is 22.4 Å². The lowest BCUT2D eigenvalue weighted by Crippen LogP contribution is -2.48. The van der Waals surface area contributed by atoms with Crippen molar-refractivity contribution in [1.29, 1.82) is 0 Å². The topological polar surface area (TPSA) is 152 Å². The lowest BCUT2D eigenvalue weighted by Gasteiger charge is -2.28. The van der Waals surface area contributed by atoms with Crippen LogP contribution in [0.2, 0.25) is 5.02 Å². The molecule has 0 spiro atoms. The van der Waals surface area contributed by atoms with Gasteiger partial charge in [0.25, 0.3) is 0 Å². The lowest BCUT2D eigenvalue weighted by atomic mass is 9.95. The highest BCUT2D eigenvalue weighted by atomic mass is 35.5. The molecule has 1 aliphatic carbocycles. The van der Waals surface area contributed by atoms with Crippen molar-refractivity contribution in [2.45, 2.75) is 37.2 Å². The number of halogens is 5. The second-order valence-corrected chi connectivity index (χ2v) is 16.5. The number of carbonyl (C=O) groups is 2. The van der Waals surface area contributed by atoms with Gasteiger partial charge in [0.2, 0.25) is 0 Å². The minimum atomic E-state index is -4.76. The van der Waals surface area contributed by atoms with E-state index in [1.54, 1.807) is 68.8 Å². The third kappa shape index (κ3) is 14.1. The van der Waals surface area contributed by atoms with E-state index < -0.39 is 28.9 Å². The number of methoxy groups -OCH3 is 1. The quantitative estimate of drug-likeness (QED) is 0.0823. The molecule has 2 unspecified atom stereocenters. The zero-order valence-electron chi connectivity index (χ0n) is 37.5. The highest BCUT2D eigenvalue weighted by Gasteiger charge is 2.37. The Morgan fingerprint density at radius 1 is 0.783 bits per heavy atom. The van der Waals surface area contributed by atoms with E-state index in [-0.39, 0.29) is 23.7 Å². The molecule has 8 rings (SSSR count). The summed E-state index contributed by atoms with van der Waals surface area (Å²) >= 11 is 12.7. The Morgan fingerprint density at radius 2 is 1.43 bits per heavy atom. The summed E-state index contributed by atoms with van der Waals surface area (Å²) in [5, 5.41) is 24.6. The standard InChI is InChI=1S/C20H19ClN2O3.C20H15F3N2O3.C13H13ClO/c1-2-26-16-6-3-5-14(11-16)15-7-8-18(17(21)12-15)23-20(19(24)25)9-4-10-22-13-20;1-12-10-14(13-4-2-5-15(11-13)28-20(21,22)23)7-8-17(12)25-18-16(19(26)27)6-3-9-24-18;1-15-13(14)9-5-8-12(10-13)11-6-3-2-4-7-11/h3-12,23H,2,13H2,1H3,(H,24,25);2-11H,1H3,(H,24,25)(H,26,27);2-9H,10H2,1H3. The molecular weight excluding hydrogens is 933 g/mol. The van der Waals surface area contributed by atoms with Crippen LogP contribution in [0.3, 0.4) is 0 Å². The Morgan fingerprint density at radius 3 is 2.04 bits per heavy atom. The summed E-state index contributed by atoms with van der Waals surface area (Å²) in [4.78, 5) is 31.1. The zero-order chi connectivity index (χ0) is 49.6. The molecule has 2 atom stereocenters. The number of aromatic carboxylic acids is 1. The minimum absolute atomic E-state index is 0.0305. The first-order valence-electron chi connectivity index (χ1n) is 21.3. The average Bonchev–Trinajstić information content (AvgIpc) is 3.33. The SMILES string of the molecule is CCOc1cccc(-c2ccc(NC3(C(=O)O)C=CC=NC3)c(Cl)c2)c1.COC1(Cl)C=CC=C(c2ccccc2)C1.Cc1cc(-c2cccc(OC(F)(F)F)c2)ccc1Nc1ncccc1C(=O)O. The van der Waals surface area contributed by atoms with E-state index in [4.69, 9.17) is 32.7 Å². The van der Waals surface area contributed by atoms with Gasteiger partial charge in [0.15, 0.2) is 10.6 Å². The van der Waals surface area contributed by atoms with Crippen LogP contribution < -0.4 is 20.1 Å². The monoisotopic (exact) mass is 978 g/mol. The number of aliphatic imine (C=N–C) groups is 1. The van der Waals surface area contributed by atoms with Gasteiger partial charge in [-0.05, 0) is 132 Å². The van der Waals surface area contributed by atoms with E-state index in [2.05, 4.69) is 43.6 Å². The highest BCUT2D eigenvalue weighted by Crippen LogP contribution is 2.36. The van der Waals surface area contributed by atoms with Crippen molar-refractivity contribution in [3.05, 3.63) is 186 Å². The van der Waals surface area contributed by atoms with Crippen LogP contribution in [0.1, 0.15) is 34.8 Å². The number of allylic oxidation sites excluding steroid dienone is 3. The van der Waals surface area contributed by atoms with Crippen LogP contribution in [0.15, 0.2) is 169 Å². The summed E-state index contributed by atoms with van der Waals surface area (Å²) in [6.45, 7) is 4.44. The van der Waals surface area contributed by atoms with Gasteiger partial charge in [-0.3, -0.25) is 4.99 Å². The van der Waals surface area contributed by atoms with E-state index >= 15 is 0 Å². The molecule has 0 radical (unpaired) electrons. The number of carboxylic acids is 2.